The van der Waals surface area contributed by atoms with Gasteiger partial charge in [0.15, 0.2) is 0 Å². The molecule has 1 aliphatic heterocycles. The average Bonchev–Trinajstić information content (AvgIpc) is 2.96. The first-order valence-corrected chi connectivity index (χ1v) is 5.79. The lowest BCUT2D eigenvalue weighted by atomic mass is 10.1. The van der Waals surface area contributed by atoms with Gasteiger partial charge in [0.2, 0.25) is 11.8 Å². The first kappa shape index (κ1) is 11.6. The Kier molecular flexibility index (Phi) is 3.41. The molecule has 2 amide bonds. The van der Waals surface area contributed by atoms with E-state index in [0.717, 1.165) is 12.2 Å². The second kappa shape index (κ2) is 4.99. The second-order valence-corrected chi connectivity index (χ2v) is 4.10. The molecule has 2 rings (SSSR count). The summed E-state index contributed by atoms with van der Waals surface area (Å²) in [7, 11) is 0. The quantitative estimate of drug-likeness (QED) is 0.700. The van der Waals surface area contributed by atoms with E-state index >= 15 is 0 Å². The normalized spacial score (nSPS) is 21.0. The monoisotopic (exact) mass is 236 g/mol. The van der Waals surface area contributed by atoms with Crippen LogP contribution in [0.15, 0.2) is 12.4 Å². The fraction of sp³-hybridized carbons (Fsp3) is 0.545. The molecule has 1 aromatic heterocycles. The maximum atomic E-state index is 11.9. The second-order valence-electron chi connectivity index (χ2n) is 4.10. The molecule has 0 aromatic carbocycles. The lowest BCUT2D eigenvalue weighted by Gasteiger charge is -2.17. The molecular weight excluding hydrogens is 220 g/mol. The van der Waals surface area contributed by atoms with E-state index in [1.54, 1.807) is 12.4 Å². The fourth-order valence-corrected chi connectivity index (χ4v) is 1.91. The number of imidazole rings is 1. The van der Waals surface area contributed by atoms with E-state index in [1.165, 1.54) is 0 Å². The summed E-state index contributed by atoms with van der Waals surface area (Å²) in [5.74, 6) is 0.542. The van der Waals surface area contributed by atoms with Gasteiger partial charge in [-0.25, -0.2) is 4.98 Å². The van der Waals surface area contributed by atoms with Crippen LogP contribution in [0.1, 0.15) is 38.1 Å². The molecule has 1 fully saturated rings. The average molecular weight is 236 g/mol. The van der Waals surface area contributed by atoms with Crippen LogP contribution in [-0.4, -0.2) is 27.8 Å². The van der Waals surface area contributed by atoms with Crippen LogP contribution in [0.3, 0.4) is 0 Å². The van der Waals surface area contributed by atoms with E-state index in [1.807, 2.05) is 6.92 Å². The van der Waals surface area contributed by atoms with Crippen molar-refractivity contribution in [1.82, 2.24) is 20.6 Å². The Morgan fingerprint density at radius 1 is 1.71 bits per heavy atom. The van der Waals surface area contributed by atoms with Crippen LogP contribution in [0, 0.1) is 0 Å². The third kappa shape index (κ3) is 2.64. The summed E-state index contributed by atoms with van der Waals surface area (Å²) in [6.07, 6.45) is 5.12. The standard InChI is InChI=1S/C11H16N4O2/c1-2-7(10-12-5-6-13-10)15-11(17)8-3-4-9(16)14-8/h5-8H,2-4H2,1H3,(H,12,13)(H,14,16)(H,15,17). The maximum Gasteiger partial charge on any atom is 0.243 e. The van der Waals surface area contributed by atoms with E-state index in [-0.39, 0.29) is 17.9 Å². The summed E-state index contributed by atoms with van der Waals surface area (Å²) in [4.78, 5) is 30.0. The van der Waals surface area contributed by atoms with Crippen LogP contribution in [-0.2, 0) is 9.59 Å². The van der Waals surface area contributed by atoms with Crippen molar-refractivity contribution in [2.75, 3.05) is 0 Å². The minimum Gasteiger partial charge on any atom is -0.347 e. The molecule has 1 saturated heterocycles. The zero-order valence-electron chi connectivity index (χ0n) is 9.69. The van der Waals surface area contributed by atoms with Gasteiger partial charge in [-0.15, -0.1) is 0 Å². The molecule has 0 bridgehead atoms. The highest BCUT2D eigenvalue weighted by atomic mass is 16.2. The van der Waals surface area contributed by atoms with Gasteiger partial charge in [-0.1, -0.05) is 6.92 Å². The number of hydrogen-bond acceptors (Lipinski definition) is 3. The van der Waals surface area contributed by atoms with Crippen molar-refractivity contribution < 1.29 is 9.59 Å². The minimum absolute atomic E-state index is 0.0591. The third-order valence-corrected chi connectivity index (χ3v) is 2.89. The van der Waals surface area contributed by atoms with Crippen molar-refractivity contribution in [3.05, 3.63) is 18.2 Å². The Bertz CT molecular complexity index is 402. The Labute approximate surface area is 99.2 Å². The molecule has 6 nitrogen and oxygen atoms in total. The van der Waals surface area contributed by atoms with Crippen molar-refractivity contribution in [2.24, 2.45) is 0 Å². The van der Waals surface area contributed by atoms with Gasteiger partial charge in [0.1, 0.15) is 11.9 Å². The number of aromatic amines is 1. The SMILES string of the molecule is CCC(NC(=O)C1CCC(=O)N1)c1ncc[nH]1. The van der Waals surface area contributed by atoms with E-state index < -0.39 is 6.04 Å². The number of carbonyl (C=O) groups excluding carboxylic acids is 2. The third-order valence-electron chi connectivity index (χ3n) is 2.89. The highest BCUT2D eigenvalue weighted by molar-refractivity contribution is 5.90. The first-order valence-electron chi connectivity index (χ1n) is 5.79. The lowest BCUT2D eigenvalue weighted by Crippen LogP contribution is -2.43. The summed E-state index contributed by atoms with van der Waals surface area (Å²) >= 11 is 0. The summed E-state index contributed by atoms with van der Waals surface area (Å²) in [5.41, 5.74) is 0. The zero-order valence-corrected chi connectivity index (χ0v) is 9.69. The van der Waals surface area contributed by atoms with Gasteiger partial charge in [0, 0.05) is 18.8 Å². The Hall–Kier alpha value is -1.85. The molecule has 1 aromatic rings. The molecule has 2 atom stereocenters. The predicted molar refractivity (Wildman–Crippen MR) is 60.9 cm³/mol. The van der Waals surface area contributed by atoms with Crippen molar-refractivity contribution in [2.45, 2.75) is 38.3 Å². The Morgan fingerprint density at radius 2 is 2.53 bits per heavy atom. The van der Waals surface area contributed by atoms with Crippen molar-refractivity contribution in [3.8, 4) is 0 Å². The molecule has 0 radical (unpaired) electrons. The number of hydrogen-bond donors (Lipinski definition) is 3. The molecule has 0 aliphatic carbocycles. The number of rotatable bonds is 4. The van der Waals surface area contributed by atoms with Crippen molar-refractivity contribution in [3.63, 3.8) is 0 Å². The molecular formula is C11H16N4O2. The number of carbonyl (C=O) groups is 2. The highest BCUT2D eigenvalue weighted by Gasteiger charge is 2.28. The molecule has 17 heavy (non-hydrogen) atoms. The maximum absolute atomic E-state index is 11.9. The van der Waals surface area contributed by atoms with Crippen LogP contribution in [0.5, 0.6) is 0 Å². The van der Waals surface area contributed by atoms with Crippen LogP contribution in [0.4, 0.5) is 0 Å². The Balaban J connectivity index is 1.95. The number of amides is 2. The number of nitrogens with zero attached hydrogens (tertiary/aromatic N) is 1. The summed E-state index contributed by atoms with van der Waals surface area (Å²) < 4.78 is 0. The van der Waals surface area contributed by atoms with Gasteiger partial charge in [0.05, 0.1) is 6.04 Å². The van der Waals surface area contributed by atoms with Crippen molar-refractivity contribution >= 4 is 11.8 Å². The summed E-state index contributed by atoms with van der Waals surface area (Å²) in [6, 6.07) is -0.526. The fourth-order valence-electron chi connectivity index (χ4n) is 1.91. The van der Waals surface area contributed by atoms with Gasteiger partial charge < -0.3 is 15.6 Å². The zero-order chi connectivity index (χ0) is 12.3. The van der Waals surface area contributed by atoms with E-state index in [2.05, 4.69) is 20.6 Å². The van der Waals surface area contributed by atoms with Crippen LogP contribution < -0.4 is 10.6 Å². The molecule has 2 unspecified atom stereocenters. The molecule has 92 valence electrons. The van der Waals surface area contributed by atoms with Crippen LogP contribution >= 0.6 is 0 Å². The van der Waals surface area contributed by atoms with Crippen LogP contribution in [0.2, 0.25) is 0 Å². The van der Waals surface area contributed by atoms with Gasteiger partial charge in [-0.3, -0.25) is 9.59 Å². The topological polar surface area (TPSA) is 86.9 Å². The lowest BCUT2D eigenvalue weighted by molar-refractivity contribution is -0.126. The molecule has 3 N–H and O–H groups in total. The molecule has 6 heteroatoms. The van der Waals surface area contributed by atoms with E-state index in [0.29, 0.717) is 12.8 Å². The molecule has 2 heterocycles. The van der Waals surface area contributed by atoms with E-state index in [9.17, 15) is 9.59 Å². The first-order chi connectivity index (χ1) is 8.20. The number of H-pyrrole nitrogens is 1. The number of aromatic nitrogens is 2. The predicted octanol–water partition coefficient (Wildman–Crippen LogP) is 0.256. The summed E-state index contributed by atoms with van der Waals surface area (Å²) in [6.45, 7) is 1.97. The van der Waals surface area contributed by atoms with Gasteiger partial charge in [-0.2, -0.15) is 0 Å². The molecule has 0 saturated carbocycles. The van der Waals surface area contributed by atoms with Gasteiger partial charge in [-0.05, 0) is 12.8 Å². The van der Waals surface area contributed by atoms with Gasteiger partial charge >= 0.3 is 0 Å². The minimum atomic E-state index is -0.397. The van der Waals surface area contributed by atoms with Gasteiger partial charge in [0.25, 0.3) is 0 Å². The summed E-state index contributed by atoms with van der Waals surface area (Å²) in [5, 5.41) is 5.53. The molecule has 0 spiro atoms. The number of nitrogens with one attached hydrogen (secondary N) is 3. The van der Waals surface area contributed by atoms with Crippen LogP contribution in [0.25, 0.3) is 0 Å². The Morgan fingerprint density at radius 3 is 3.06 bits per heavy atom. The largest absolute Gasteiger partial charge is 0.347 e. The smallest absolute Gasteiger partial charge is 0.243 e. The van der Waals surface area contributed by atoms with Crippen molar-refractivity contribution in [1.29, 1.82) is 0 Å². The highest BCUT2D eigenvalue weighted by Crippen LogP contribution is 2.13. The van der Waals surface area contributed by atoms with E-state index in [4.69, 9.17) is 0 Å². The molecule has 1 aliphatic rings.